The van der Waals surface area contributed by atoms with Crippen LogP contribution in [0, 0.1) is 0 Å². The van der Waals surface area contributed by atoms with Crippen molar-refractivity contribution < 1.29 is 4.79 Å². The highest BCUT2D eigenvalue weighted by Crippen LogP contribution is 2.35. The first kappa shape index (κ1) is 20.7. The summed E-state index contributed by atoms with van der Waals surface area (Å²) in [5.74, 6) is 0.844. The van der Waals surface area contributed by atoms with Gasteiger partial charge in [-0.15, -0.1) is 0 Å². The van der Waals surface area contributed by atoms with E-state index in [4.69, 9.17) is 0 Å². The maximum absolute atomic E-state index is 12.9. The Hall–Kier alpha value is -3.85. The average molecular weight is 455 g/mol. The number of amides is 1. The summed E-state index contributed by atoms with van der Waals surface area (Å²) in [7, 11) is 2.11. The number of carbonyl (C=O) groups is 1. The minimum Gasteiger partial charge on any atom is -0.354 e. The Balaban J connectivity index is 1.21. The van der Waals surface area contributed by atoms with Gasteiger partial charge in [0.05, 0.1) is 17.8 Å². The quantitative estimate of drug-likeness (QED) is 0.495. The van der Waals surface area contributed by atoms with E-state index in [2.05, 4.69) is 54.5 Å². The van der Waals surface area contributed by atoms with Crippen LogP contribution in [-0.2, 0) is 0 Å². The number of hydrogen-bond acceptors (Lipinski definition) is 7. The van der Waals surface area contributed by atoms with Gasteiger partial charge in [0.25, 0.3) is 5.91 Å². The predicted octanol–water partition coefficient (Wildman–Crippen LogP) is 3.23. The fourth-order valence-electron chi connectivity index (χ4n) is 4.23. The number of piperazine rings is 1. The summed E-state index contributed by atoms with van der Waals surface area (Å²) in [6.45, 7) is 3.74. The van der Waals surface area contributed by atoms with Crippen molar-refractivity contribution >= 4 is 28.6 Å². The zero-order valence-corrected chi connectivity index (χ0v) is 19.1. The van der Waals surface area contributed by atoms with Crippen LogP contribution >= 0.6 is 0 Å². The largest absolute Gasteiger partial charge is 0.354 e. The van der Waals surface area contributed by atoms with Crippen molar-refractivity contribution in [2.45, 2.75) is 18.9 Å². The summed E-state index contributed by atoms with van der Waals surface area (Å²) in [6.07, 6.45) is 9.79. The second-order valence-corrected chi connectivity index (χ2v) is 9.05. The minimum absolute atomic E-state index is 0.251. The number of rotatable bonds is 5. The molecule has 9 nitrogen and oxygen atoms in total. The Bertz CT molecular complexity index is 1350. The van der Waals surface area contributed by atoms with Crippen molar-refractivity contribution in [2.75, 3.05) is 43.4 Å². The van der Waals surface area contributed by atoms with Gasteiger partial charge >= 0.3 is 0 Å². The lowest BCUT2D eigenvalue weighted by Gasteiger charge is -2.33. The van der Waals surface area contributed by atoms with Crippen molar-refractivity contribution in [3.8, 4) is 11.1 Å². The van der Waals surface area contributed by atoms with Crippen molar-refractivity contribution in [1.29, 1.82) is 0 Å². The molecule has 1 saturated heterocycles. The predicted molar refractivity (Wildman–Crippen MR) is 131 cm³/mol. The second-order valence-electron chi connectivity index (χ2n) is 9.05. The van der Waals surface area contributed by atoms with Crippen LogP contribution in [0.3, 0.4) is 0 Å². The zero-order valence-electron chi connectivity index (χ0n) is 19.1. The normalized spacial score (nSPS) is 16.7. The van der Waals surface area contributed by atoms with Crippen LogP contribution in [0.5, 0.6) is 0 Å². The molecule has 4 heterocycles. The third-order valence-corrected chi connectivity index (χ3v) is 6.50. The highest BCUT2D eigenvalue weighted by atomic mass is 16.1. The monoisotopic (exact) mass is 454 g/mol. The van der Waals surface area contributed by atoms with Crippen LogP contribution in [0.2, 0.25) is 0 Å². The maximum atomic E-state index is 12.9. The summed E-state index contributed by atoms with van der Waals surface area (Å²) in [4.78, 5) is 30.8. The Labute approximate surface area is 197 Å². The van der Waals surface area contributed by atoms with Gasteiger partial charge in [-0.3, -0.25) is 14.8 Å². The summed E-state index contributed by atoms with van der Waals surface area (Å²) in [5.41, 5.74) is 3.41. The average Bonchev–Trinajstić information content (AvgIpc) is 3.60. The molecule has 1 N–H and O–H groups in total. The van der Waals surface area contributed by atoms with Crippen LogP contribution in [0.4, 0.5) is 11.8 Å². The molecular weight excluding hydrogens is 428 g/mol. The van der Waals surface area contributed by atoms with Gasteiger partial charge in [0.1, 0.15) is 5.82 Å². The molecule has 6 rings (SSSR count). The summed E-state index contributed by atoms with van der Waals surface area (Å²) >= 11 is 0. The molecule has 34 heavy (non-hydrogen) atoms. The molecule has 1 amide bonds. The SMILES string of the molecule is CN1CCN(c2cc(C(=O)Nc3ncc4ccc(-c5cnn(C6CC6)c5)cc4n3)ccn2)CC1. The van der Waals surface area contributed by atoms with Gasteiger partial charge in [-0.05, 0) is 43.7 Å². The fraction of sp³-hybridized carbons (Fsp3) is 0.320. The number of anilines is 2. The van der Waals surface area contributed by atoms with Gasteiger partial charge in [-0.2, -0.15) is 5.10 Å². The van der Waals surface area contributed by atoms with Crippen LogP contribution < -0.4 is 10.2 Å². The van der Waals surface area contributed by atoms with Crippen LogP contribution in [-0.4, -0.2) is 68.8 Å². The Morgan fingerprint density at radius 1 is 1.00 bits per heavy atom. The van der Waals surface area contributed by atoms with E-state index in [1.807, 2.05) is 29.1 Å². The standard InChI is InChI=1S/C25H26N8O/c1-31-8-10-32(11-9-31)23-13-18(6-7-26-23)24(34)30-25-27-14-19-3-2-17(12-22(19)29-25)20-15-28-33(16-20)21-4-5-21/h2-3,6-7,12-16,21H,4-5,8-11H2,1H3,(H,27,29,30,34). The number of likely N-dealkylation sites (N-methyl/N-ethyl adjacent to an activating group) is 1. The first-order valence-corrected chi connectivity index (χ1v) is 11.6. The lowest BCUT2D eigenvalue weighted by Crippen LogP contribution is -2.44. The van der Waals surface area contributed by atoms with E-state index in [9.17, 15) is 4.79 Å². The first-order valence-electron chi connectivity index (χ1n) is 11.6. The van der Waals surface area contributed by atoms with Gasteiger partial charge in [0.2, 0.25) is 5.95 Å². The van der Waals surface area contributed by atoms with Gasteiger partial charge in [-0.1, -0.05) is 12.1 Å². The van der Waals surface area contributed by atoms with Crippen LogP contribution in [0.1, 0.15) is 29.2 Å². The Morgan fingerprint density at radius 3 is 2.68 bits per heavy atom. The fourth-order valence-corrected chi connectivity index (χ4v) is 4.23. The molecule has 0 radical (unpaired) electrons. The first-order chi connectivity index (χ1) is 16.6. The number of hydrogen-bond donors (Lipinski definition) is 1. The van der Waals surface area contributed by atoms with Gasteiger partial charge < -0.3 is 9.80 Å². The number of nitrogens with one attached hydrogen (secondary N) is 1. The number of fused-ring (bicyclic) bond motifs is 1. The second kappa shape index (κ2) is 8.49. The lowest BCUT2D eigenvalue weighted by atomic mass is 10.1. The maximum Gasteiger partial charge on any atom is 0.258 e. The van der Waals surface area contributed by atoms with Crippen molar-refractivity contribution in [2.24, 2.45) is 0 Å². The molecule has 3 aromatic heterocycles. The molecule has 9 heteroatoms. The molecule has 0 atom stereocenters. The molecule has 4 aromatic rings. The van der Waals surface area contributed by atoms with Gasteiger partial charge in [0.15, 0.2) is 0 Å². The number of pyridine rings is 1. The van der Waals surface area contributed by atoms with E-state index in [1.54, 1.807) is 18.5 Å². The van der Waals surface area contributed by atoms with Crippen molar-refractivity contribution in [3.05, 3.63) is 60.7 Å². The van der Waals surface area contributed by atoms with E-state index >= 15 is 0 Å². The van der Waals surface area contributed by atoms with E-state index in [0.29, 0.717) is 11.6 Å². The van der Waals surface area contributed by atoms with Crippen molar-refractivity contribution in [1.82, 2.24) is 29.6 Å². The molecule has 172 valence electrons. The molecule has 1 aliphatic heterocycles. The zero-order chi connectivity index (χ0) is 23.1. The summed E-state index contributed by atoms with van der Waals surface area (Å²) < 4.78 is 2.04. The summed E-state index contributed by atoms with van der Waals surface area (Å²) in [6, 6.07) is 10.1. The van der Waals surface area contributed by atoms with Crippen LogP contribution in [0.15, 0.2) is 55.1 Å². The molecule has 1 aromatic carbocycles. The Kier molecular flexibility index (Phi) is 5.18. The molecule has 1 aliphatic carbocycles. The third-order valence-electron chi connectivity index (χ3n) is 6.50. The lowest BCUT2D eigenvalue weighted by molar-refractivity contribution is 0.102. The molecule has 0 bridgehead atoms. The van der Waals surface area contributed by atoms with Gasteiger partial charge in [0, 0.05) is 61.3 Å². The van der Waals surface area contributed by atoms with Crippen LogP contribution in [0.25, 0.3) is 22.0 Å². The van der Waals surface area contributed by atoms with Gasteiger partial charge in [-0.25, -0.2) is 15.0 Å². The molecule has 2 fully saturated rings. The van der Waals surface area contributed by atoms with E-state index in [0.717, 1.165) is 54.0 Å². The topological polar surface area (TPSA) is 92.1 Å². The van der Waals surface area contributed by atoms with E-state index in [-0.39, 0.29) is 11.9 Å². The highest BCUT2D eigenvalue weighted by molar-refractivity contribution is 6.04. The molecular formula is C25H26N8O. The Morgan fingerprint density at radius 2 is 1.85 bits per heavy atom. The molecule has 1 saturated carbocycles. The third kappa shape index (κ3) is 4.22. The minimum atomic E-state index is -0.251. The number of aromatic nitrogens is 5. The van der Waals surface area contributed by atoms with E-state index in [1.165, 1.54) is 12.8 Å². The molecule has 0 unspecified atom stereocenters. The molecule has 2 aliphatic rings. The molecule has 0 spiro atoms. The summed E-state index contributed by atoms with van der Waals surface area (Å²) in [5, 5.41) is 8.24. The van der Waals surface area contributed by atoms with Crippen molar-refractivity contribution in [3.63, 3.8) is 0 Å². The number of carbonyl (C=O) groups excluding carboxylic acids is 1. The number of benzene rings is 1. The van der Waals surface area contributed by atoms with E-state index < -0.39 is 0 Å². The highest BCUT2D eigenvalue weighted by Gasteiger charge is 2.24. The number of nitrogens with zero attached hydrogens (tertiary/aromatic N) is 7. The smallest absolute Gasteiger partial charge is 0.258 e.